The Bertz CT molecular complexity index is 964. The van der Waals surface area contributed by atoms with Crippen LogP contribution < -0.4 is 11.1 Å². The van der Waals surface area contributed by atoms with Gasteiger partial charge < -0.3 is 11.1 Å². The van der Waals surface area contributed by atoms with Crippen LogP contribution in [-0.2, 0) is 11.2 Å². The number of benzene rings is 2. The van der Waals surface area contributed by atoms with Gasteiger partial charge in [0.1, 0.15) is 0 Å². The van der Waals surface area contributed by atoms with Crippen LogP contribution in [0.4, 0.5) is 11.5 Å². The first-order valence-corrected chi connectivity index (χ1v) is 10.3. The Labute approximate surface area is 171 Å². The summed E-state index contributed by atoms with van der Waals surface area (Å²) in [6, 6.07) is 17.4. The molecule has 3 aromatic rings. The Hall–Kier alpha value is -3.21. The molecule has 3 N–H and O–H groups in total. The molecule has 1 saturated carbocycles. The number of rotatable bonds is 5. The molecule has 4 rings (SSSR count). The molecule has 0 unspecified atom stereocenters. The van der Waals surface area contributed by atoms with Gasteiger partial charge in [0.25, 0.3) is 0 Å². The quantitative estimate of drug-likeness (QED) is 0.608. The van der Waals surface area contributed by atoms with Gasteiger partial charge in [0.2, 0.25) is 5.91 Å². The molecular formula is C24H26N4O. The number of amides is 1. The minimum absolute atomic E-state index is 0.0669. The van der Waals surface area contributed by atoms with E-state index in [0.717, 1.165) is 41.0 Å². The minimum Gasteiger partial charge on any atom is -0.399 e. The Kier molecular flexibility index (Phi) is 5.84. The second-order valence-corrected chi connectivity index (χ2v) is 7.66. The fraction of sp³-hybridized carbons (Fsp3) is 0.292. The van der Waals surface area contributed by atoms with Crippen molar-refractivity contribution < 1.29 is 4.79 Å². The molecule has 0 atom stereocenters. The monoisotopic (exact) mass is 386 g/mol. The summed E-state index contributed by atoms with van der Waals surface area (Å²) in [7, 11) is 0. The van der Waals surface area contributed by atoms with Crippen LogP contribution in [0.5, 0.6) is 0 Å². The third-order valence-corrected chi connectivity index (χ3v) is 5.46. The van der Waals surface area contributed by atoms with Gasteiger partial charge in [0.05, 0.1) is 24.0 Å². The maximum Gasteiger partial charge on any atom is 0.229 e. The zero-order valence-electron chi connectivity index (χ0n) is 16.5. The number of nitrogens with one attached hydrogen (secondary N) is 1. The van der Waals surface area contributed by atoms with Crippen LogP contribution in [0.25, 0.3) is 11.3 Å². The van der Waals surface area contributed by atoms with Crippen molar-refractivity contribution in [2.75, 3.05) is 11.1 Å². The molecule has 1 aromatic heterocycles. The van der Waals surface area contributed by atoms with Crippen LogP contribution >= 0.6 is 0 Å². The van der Waals surface area contributed by atoms with Gasteiger partial charge in [-0.2, -0.15) is 0 Å². The van der Waals surface area contributed by atoms with Crippen molar-refractivity contribution in [3.63, 3.8) is 0 Å². The number of anilines is 2. The Balaban J connectivity index is 1.61. The summed E-state index contributed by atoms with van der Waals surface area (Å²) in [5, 5.41) is 3.01. The van der Waals surface area contributed by atoms with E-state index in [2.05, 4.69) is 10.3 Å². The van der Waals surface area contributed by atoms with Gasteiger partial charge in [-0.05, 0) is 30.5 Å². The number of hydrogen-bond acceptors (Lipinski definition) is 4. The Morgan fingerprint density at radius 2 is 1.72 bits per heavy atom. The summed E-state index contributed by atoms with van der Waals surface area (Å²) in [5.41, 5.74) is 10.2. The number of carbonyl (C=O) groups excluding carboxylic acids is 1. The maximum absolute atomic E-state index is 12.6. The zero-order chi connectivity index (χ0) is 20.1. The lowest BCUT2D eigenvalue weighted by Crippen LogP contribution is -2.19. The summed E-state index contributed by atoms with van der Waals surface area (Å²) in [5.74, 6) is 0.858. The van der Waals surface area contributed by atoms with Crippen molar-refractivity contribution in [3.05, 3.63) is 72.1 Å². The van der Waals surface area contributed by atoms with Gasteiger partial charge >= 0.3 is 0 Å². The molecule has 0 radical (unpaired) electrons. The molecule has 29 heavy (non-hydrogen) atoms. The number of carbonyl (C=O) groups is 1. The summed E-state index contributed by atoms with van der Waals surface area (Å²) in [6.45, 7) is 0. The molecule has 5 nitrogen and oxygen atoms in total. The molecule has 0 aliphatic heterocycles. The fourth-order valence-electron chi connectivity index (χ4n) is 3.91. The second-order valence-electron chi connectivity index (χ2n) is 7.66. The molecule has 0 saturated heterocycles. The van der Waals surface area contributed by atoms with E-state index in [-0.39, 0.29) is 5.91 Å². The lowest BCUT2D eigenvalue weighted by Gasteiger charge is -2.23. The van der Waals surface area contributed by atoms with E-state index in [1.807, 2.05) is 54.6 Å². The predicted molar refractivity (Wildman–Crippen MR) is 116 cm³/mol. The first-order valence-electron chi connectivity index (χ1n) is 10.3. The number of nitrogens with two attached hydrogens (primary N) is 1. The lowest BCUT2D eigenvalue weighted by atomic mass is 9.86. The first kappa shape index (κ1) is 19.1. The maximum atomic E-state index is 12.6. The zero-order valence-corrected chi connectivity index (χ0v) is 16.5. The second kappa shape index (κ2) is 8.86. The standard InChI is InChI=1S/C24H26N4O/c25-20-13-11-18(12-14-20)21-16-26-24(23(27-21)19-9-5-2-6-10-19)28-22(29)15-17-7-3-1-4-8-17/h1,3-4,7-8,11-14,16,19H,2,5-6,9-10,15,25H2,(H,26,28,29). The third kappa shape index (κ3) is 4.80. The molecule has 5 heteroatoms. The van der Waals surface area contributed by atoms with Crippen LogP contribution in [0.1, 0.15) is 49.3 Å². The normalized spacial score (nSPS) is 14.5. The van der Waals surface area contributed by atoms with Gasteiger partial charge in [-0.15, -0.1) is 0 Å². The number of nitrogens with zero attached hydrogens (tertiary/aromatic N) is 2. The predicted octanol–water partition coefficient (Wildman–Crippen LogP) is 4.95. The average Bonchev–Trinajstić information content (AvgIpc) is 2.76. The van der Waals surface area contributed by atoms with Crippen LogP contribution in [0.3, 0.4) is 0 Å². The van der Waals surface area contributed by atoms with E-state index < -0.39 is 0 Å². The van der Waals surface area contributed by atoms with Gasteiger partial charge in [0.15, 0.2) is 5.82 Å². The molecule has 1 aliphatic rings. The van der Waals surface area contributed by atoms with Gasteiger partial charge in [-0.25, -0.2) is 9.97 Å². The molecular weight excluding hydrogens is 360 g/mol. The molecule has 1 fully saturated rings. The summed E-state index contributed by atoms with van der Waals surface area (Å²) >= 11 is 0. The smallest absolute Gasteiger partial charge is 0.229 e. The molecule has 0 spiro atoms. The SMILES string of the molecule is Nc1ccc(-c2cnc(NC(=O)Cc3ccccc3)c(C3CCCCC3)n2)cc1. The molecule has 0 bridgehead atoms. The number of hydrogen-bond donors (Lipinski definition) is 2. The van der Waals surface area contributed by atoms with Crippen molar-refractivity contribution >= 4 is 17.4 Å². The molecule has 1 heterocycles. The molecule has 148 valence electrons. The van der Waals surface area contributed by atoms with Crippen molar-refractivity contribution in [3.8, 4) is 11.3 Å². The largest absolute Gasteiger partial charge is 0.399 e. The highest BCUT2D eigenvalue weighted by Crippen LogP contribution is 2.35. The average molecular weight is 386 g/mol. The fourth-order valence-corrected chi connectivity index (χ4v) is 3.91. The molecule has 2 aromatic carbocycles. The van der Waals surface area contributed by atoms with Crippen LogP contribution in [0.15, 0.2) is 60.8 Å². The summed E-state index contributed by atoms with van der Waals surface area (Å²) in [6.07, 6.45) is 7.87. The number of aromatic nitrogens is 2. The van der Waals surface area contributed by atoms with E-state index in [0.29, 0.717) is 18.2 Å². The lowest BCUT2D eigenvalue weighted by molar-refractivity contribution is -0.115. The summed E-state index contributed by atoms with van der Waals surface area (Å²) < 4.78 is 0. The summed E-state index contributed by atoms with van der Waals surface area (Å²) in [4.78, 5) is 22.2. The van der Waals surface area contributed by atoms with Crippen molar-refractivity contribution in [1.29, 1.82) is 0 Å². The highest BCUT2D eigenvalue weighted by atomic mass is 16.1. The van der Waals surface area contributed by atoms with E-state index in [1.54, 1.807) is 6.20 Å². The van der Waals surface area contributed by atoms with E-state index in [1.165, 1.54) is 19.3 Å². The topological polar surface area (TPSA) is 80.9 Å². The van der Waals surface area contributed by atoms with E-state index in [9.17, 15) is 4.79 Å². The van der Waals surface area contributed by atoms with Gasteiger partial charge in [-0.3, -0.25) is 4.79 Å². The van der Waals surface area contributed by atoms with E-state index >= 15 is 0 Å². The Morgan fingerprint density at radius 1 is 1.00 bits per heavy atom. The highest BCUT2D eigenvalue weighted by Gasteiger charge is 2.23. The van der Waals surface area contributed by atoms with Gasteiger partial charge in [0, 0.05) is 17.2 Å². The first-order chi connectivity index (χ1) is 14.2. The van der Waals surface area contributed by atoms with Crippen LogP contribution in [0.2, 0.25) is 0 Å². The van der Waals surface area contributed by atoms with E-state index in [4.69, 9.17) is 10.7 Å². The van der Waals surface area contributed by atoms with Crippen molar-refractivity contribution in [1.82, 2.24) is 9.97 Å². The highest BCUT2D eigenvalue weighted by molar-refractivity contribution is 5.92. The minimum atomic E-state index is -0.0669. The van der Waals surface area contributed by atoms with Crippen molar-refractivity contribution in [2.24, 2.45) is 0 Å². The number of nitrogen functional groups attached to an aromatic ring is 1. The third-order valence-electron chi connectivity index (χ3n) is 5.46. The Morgan fingerprint density at radius 3 is 2.45 bits per heavy atom. The van der Waals surface area contributed by atoms with Crippen molar-refractivity contribution in [2.45, 2.75) is 44.4 Å². The van der Waals surface area contributed by atoms with Crippen LogP contribution in [-0.4, -0.2) is 15.9 Å². The van der Waals surface area contributed by atoms with Gasteiger partial charge in [-0.1, -0.05) is 61.7 Å². The molecule has 1 amide bonds. The van der Waals surface area contributed by atoms with Crippen LogP contribution in [0, 0.1) is 0 Å². The molecule has 1 aliphatic carbocycles.